The van der Waals surface area contributed by atoms with Crippen molar-refractivity contribution in [3.8, 4) is 0 Å². The lowest BCUT2D eigenvalue weighted by atomic mass is 9.59. The molecule has 2 saturated heterocycles. The molecule has 0 radical (unpaired) electrons. The number of amides is 2. The number of piperazine rings is 1. The van der Waals surface area contributed by atoms with Crippen LogP contribution in [0.2, 0.25) is 0 Å². The van der Waals surface area contributed by atoms with Crippen molar-refractivity contribution in [2.24, 2.45) is 5.41 Å². The predicted molar refractivity (Wildman–Crippen MR) is 163 cm³/mol. The Labute approximate surface area is 251 Å². The first-order valence-electron chi connectivity index (χ1n) is 15.1. The van der Waals surface area contributed by atoms with Crippen LogP contribution >= 0.6 is 0 Å². The van der Waals surface area contributed by atoms with Gasteiger partial charge in [0.05, 0.1) is 17.5 Å². The number of carbonyl (C=O) groups is 2. The van der Waals surface area contributed by atoms with E-state index in [2.05, 4.69) is 26.0 Å². The van der Waals surface area contributed by atoms with Crippen LogP contribution in [0.3, 0.4) is 0 Å². The Morgan fingerprint density at radius 3 is 2.21 bits per heavy atom. The Kier molecular flexibility index (Phi) is 8.22. The molecule has 3 aliphatic rings. The third-order valence-electron chi connectivity index (χ3n) is 9.15. The highest BCUT2D eigenvalue weighted by molar-refractivity contribution is 7.89. The minimum absolute atomic E-state index is 0.0417. The molecule has 0 N–H and O–H groups in total. The lowest BCUT2D eigenvalue weighted by Gasteiger charge is -2.57. The quantitative estimate of drug-likeness (QED) is 0.431. The third kappa shape index (κ3) is 6.09. The molecule has 1 spiro atoms. The summed E-state index contributed by atoms with van der Waals surface area (Å²) in [5, 5.41) is 0. The summed E-state index contributed by atoms with van der Waals surface area (Å²) in [7, 11) is -3.84. The molecule has 2 aromatic rings. The van der Waals surface area contributed by atoms with Gasteiger partial charge >= 0.3 is 6.09 Å². The van der Waals surface area contributed by atoms with E-state index < -0.39 is 15.6 Å². The second-order valence-corrected chi connectivity index (χ2v) is 15.7. The lowest BCUT2D eigenvalue weighted by molar-refractivity contribution is -0.150. The highest BCUT2D eigenvalue weighted by Gasteiger charge is 2.53. The van der Waals surface area contributed by atoms with E-state index in [1.54, 1.807) is 29.2 Å². The number of rotatable bonds is 5. The van der Waals surface area contributed by atoms with Crippen LogP contribution in [0.25, 0.3) is 0 Å². The van der Waals surface area contributed by atoms with E-state index in [9.17, 15) is 18.0 Å². The molecule has 8 nitrogen and oxygen atoms in total. The van der Waals surface area contributed by atoms with Gasteiger partial charge in [-0.15, -0.1) is 0 Å². The number of ether oxygens (including phenoxy) is 1. The molecule has 0 bridgehead atoms. The number of aryl methyl sites for hydroxylation is 1. The van der Waals surface area contributed by atoms with Crippen molar-refractivity contribution >= 4 is 22.0 Å². The fraction of sp³-hybridized carbons (Fsp3) is 0.576. The number of nitrogens with zero attached hydrogens (tertiary/aromatic N) is 3. The molecule has 5 rings (SSSR count). The molecule has 1 aliphatic carbocycles. The highest BCUT2D eigenvalue weighted by atomic mass is 32.2. The van der Waals surface area contributed by atoms with Gasteiger partial charge in [0.1, 0.15) is 5.60 Å². The van der Waals surface area contributed by atoms with E-state index in [1.165, 1.54) is 4.31 Å². The Morgan fingerprint density at radius 1 is 1.00 bits per heavy atom. The number of sulfonamides is 1. The molecule has 2 aliphatic heterocycles. The van der Waals surface area contributed by atoms with Crippen molar-refractivity contribution in [3.05, 3.63) is 65.2 Å². The largest absolute Gasteiger partial charge is 0.444 e. The summed E-state index contributed by atoms with van der Waals surface area (Å²) in [4.78, 5) is 30.5. The first-order valence-corrected chi connectivity index (χ1v) is 16.6. The van der Waals surface area contributed by atoms with Gasteiger partial charge in [-0.25, -0.2) is 13.2 Å². The van der Waals surface area contributed by atoms with Crippen molar-refractivity contribution in [2.75, 3.05) is 26.2 Å². The van der Waals surface area contributed by atoms with E-state index in [0.717, 1.165) is 42.4 Å². The molecule has 2 aromatic carbocycles. The fourth-order valence-corrected chi connectivity index (χ4v) is 8.27. The number of likely N-dealkylation sites (tertiary alicyclic amines) is 1. The number of piperidine rings is 1. The van der Waals surface area contributed by atoms with Crippen LogP contribution in [0.1, 0.15) is 89.0 Å². The average molecular weight is 596 g/mol. The molecule has 1 atom stereocenters. The van der Waals surface area contributed by atoms with Crippen LogP contribution in [-0.4, -0.2) is 72.3 Å². The van der Waals surface area contributed by atoms with Crippen LogP contribution < -0.4 is 0 Å². The Balaban J connectivity index is 1.37. The van der Waals surface area contributed by atoms with Gasteiger partial charge in [-0.1, -0.05) is 55.8 Å². The fourth-order valence-electron chi connectivity index (χ4n) is 6.88. The summed E-state index contributed by atoms with van der Waals surface area (Å²) < 4.78 is 34.4. The third-order valence-corrected chi connectivity index (χ3v) is 11.0. The Bertz CT molecular complexity index is 1410. The molecule has 1 unspecified atom stereocenters. The SMILES string of the molecule is Cc1ccc(S(=O)(=O)N2CC(=O)N(C3CC4(CCN(C(=O)OC(C)(C)C)CC4)C3)C(c3ccccc3C(C)C)C2)cc1. The van der Waals surface area contributed by atoms with Gasteiger partial charge in [0, 0.05) is 25.7 Å². The molecule has 1 saturated carbocycles. The molecule has 3 fully saturated rings. The number of carbonyl (C=O) groups excluding carboxylic acids is 2. The zero-order chi connectivity index (χ0) is 30.4. The number of hydrogen-bond acceptors (Lipinski definition) is 5. The van der Waals surface area contributed by atoms with E-state index in [1.807, 2.05) is 44.7 Å². The summed E-state index contributed by atoms with van der Waals surface area (Å²) in [5.41, 5.74) is 2.70. The molecule has 2 amide bonds. The van der Waals surface area contributed by atoms with Crippen molar-refractivity contribution in [2.45, 2.75) is 95.7 Å². The van der Waals surface area contributed by atoms with Gasteiger partial charge in [-0.3, -0.25) is 4.79 Å². The van der Waals surface area contributed by atoms with Crippen molar-refractivity contribution in [1.82, 2.24) is 14.1 Å². The maximum atomic E-state index is 13.9. The van der Waals surface area contributed by atoms with Crippen LogP contribution in [0.15, 0.2) is 53.4 Å². The molecule has 228 valence electrons. The topological polar surface area (TPSA) is 87.2 Å². The number of hydrogen-bond donors (Lipinski definition) is 0. The maximum Gasteiger partial charge on any atom is 0.410 e. The van der Waals surface area contributed by atoms with Crippen molar-refractivity contribution in [3.63, 3.8) is 0 Å². The number of benzene rings is 2. The molecular weight excluding hydrogens is 550 g/mol. The smallest absolute Gasteiger partial charge is 0.410 e. The molecular formula is C33H45N3O5S. The lowest BCUT2D eigenvalue weighted by Crippen LogP contribution is -2.62. The van der Waals surface area contributed by atoms with E-state index in [4.69, 9.17) is 4.74 Å². The minimum Gasteiger partial charge on any atom is -0.444 e. The first-order chi connectivity index (χ1) is 19.7. The predicted octanol–water partition coefficient (Wildman–Crippen LogP) is 5.87. The van der Waals surface area contributed by atoms with Crippen LogP contribution in [0, 0.1) is 12.3 Å². The highest BCUT2D eigenvalue weighted by Crippen LogP contribution is 2.53. The summed E-state index contributed by atoms with van der Waals surface area (Å²) in [6, 6.07) is 14.6. The Hall–Kier alpha value is -2.91. The van der Waals surface area contributed by atoms with Gasteiger partial charge in [0.15, 0.2) is 0 Å². The van der Waals surface area contributed by atoms with Crippen LogP contribution in [0.5, 0.6) is 0 Å². The molecule has 2 heterocycles. The summed E-state index contributed by atoms with van der Waals surface area (Å²) >= 11 is 0. The first kappa shape index (κ1) is 30.5. The van der Waals surface area contributed by atoms with E-state index in [0.29, 0.717) is 13.1 Å². The van der Waals surface area contributed by atoms with Gasteiger partial charge < -0.3 is 14.5 Å². The van der Waals surface area contributed by atoms with Gasteiger partial charge in [-0.2, -0.15) is 4.31 Å². The summed E-state index contributed by atoms with van der Waals surface area (Å²) in [6.07, 6.45) is 3.23. The molecule has 9 heteroatoms. The van der Waals surface area contributed by atoms with Crippen LogP contribution in [-0.2, 0) is 19.6 Å². The van der Waals surface area contributed by atoms with Crippen LogP contribution in [0.4, 0.5) is 4.79 Å². The van der Waals surface area contributed by atoms with Gasteiger partial charge in [0.25, 0.3) is 0 Å². The Morgan fingerprint density at radius 2 is 1.62 bits per heavy atom. The second kappa shape index (κ2) is 11.3. The van der Waals surface area contributed by atoms with E-state index in [-0.39, 0.29) is 53.4 Å². The minimum atomic E-state index is -3.84. The maximum absolute atomic E-state index is 13.9. The summed E-state index contributed by atoms with van der Waals surface area (Å²) in [5.74, 6) is 0.0821. The standard InChI is InChI=1S/C33H45N3O5S/c1-23(2)27-9-7-8-10-28(27)29-21-35(42(39,40)26-13-11-24(3)12-14-26)22-30(37)36(29)25-19-33(20-25)15-17-34(18-16-33)31(38)41-32(4,5)6/h7-14,23,25,29H,15-22H2,1-6H3. The summed E-state index contributed by atoms with van der Waals surface area (Å²) in [6.45, 7) is 13.2. The zero-order valence-electron chi connectivity index (χ0n) is 25.8. The zero-order valence-corrected chi connectivity index (χ0v) is 26.6. The van der Waals surface area contributed by atoms with Gasteiger partial charge in [0.2, 0.25) is 15.9 Å². The van der Waals surface area contributed by atoms with Crippen molar-refractivity contribution < 1.29 is 22.7 Å². The average Bonchev–Trinajstić information content (AvgIpc) is 2.91. The monoisotopic (exact) mass is 595 g/mol. The second-order valence-electron chi connectivity index (χ2n) is 13.7. The molecule has 42 heavy (non-hydrogen) atoms. The normalized spacial score (nSPS) is 22.0. The van der Waals surface area contributed by atoms with E-state index >= 15 is 0 Å². The van der Waals surface area contributed by atoms with Gasteiger partial charge in [-0.05, 0) is 88.0 Å². The molecule has 0 aromatic heterocycles. The van der Waals surface area contributed by atoms with Crippen molar-refractivity contribution in [1.29, 1.82) is 0 Å².